The van der Waals surface area contributed by atoms with Crippen molar-refractivity contribution in [1.82, 2.24) is 24.3 Å². The van der Waals surface area contributed by atoms with Crippen molar-refractivity contribution in [3.8, 4) is 0 Å². The zero-order chi connectivity index (χ0) is 23.4. The van der Waals surface area contributed by atoms with Gasteiger partial charge in [-0.2, -0.15) is 0 Å². The van der Waals surface area contributed by atoms with E-state index >= 15 is 0 Å². The smallest absolute Gasteiger partial charge is 0.267 e. The molecule has 7 heteroatoms. The topological polar surface area (TPSA) is 72.2 Å². The molecule has 3 heterocycles. The molecule has 0 fully saturated rings. The van der Waals surface area contributed by atoms with Crippen LogP contribution in [-0.2, 0) is 20.5 Å². The molecule has 1 aromatic carbocycles. The quantitative estimate of drug-likeness (QED) is 0.454. The van der Waals surface area contributed by atoms with Crippen molar-refractivity contribution >= 4 is 22.8 Å². The maximum absolute atomic E-state index is 13.5. The SMILES string of the molecule is CN(C(=O)c1cn(C)c2ncccc12)C(CCNC(=O)c1cccn1C)Cc1ccccc1. The van der Waals surface area contributed by atoms with Gasteiger partial charge in [0.1, 0.15) is 11.3 Å². The zero-order valence-corrected chi connectivity index (χ0v) is 19.2. The fourth-order valence-corrected chi connectivity index (χ4v) is 4.20. The maximum atomic E-state index is 13.5. The van der Waals surface area contributed by atoms with Gasteiger partial charge in [-0.1, -0.05) is 30.3 Å². The molecule has 0 radical (unpaired) electrons. The lowest BCUT2D eigenvalue weighted by Crippen LogP contribution is -2.41. The number of benzene rings is 1. The molecule has 0 saturated heterocycles. The van der Waals surface area contributed by atoms with Crippen LogP contribution < -0.4 is 5.32 Å². The predicted molar refractivity (Wildman–Crippen MR) is 129 cm³/mol. The Kier molecular flexibility index (Phi) is 6.58. The van der Waals surface area contributed by atoms with E-state index in [9.17, 15) is 9.59 Å². The molecule has 1 unspecified atom stereocenters. The lowest BCUT2D eigenvalue weighted by Gasteiger charge is -2.28. The number of likely N-dealkylation sites (N-methyl/N-ethyl adjacent to an activating group) is 1. The first kappa shape index (κ1) is 22.3. The third kappa shape index (κ3) is 4.82. The number of nitrogens with zero attached hydrogens (tertiary/aromatic N) is 4. The van der Waals surface area contributed by atoms with Crippen LogP contribution in [0.15, 0.2) is 73.2 Å². The number of carbonyl (C=O) groups excluding carboxylic acids is 2. The average molecular weight is 444 g/mol. The molecule has 0 aliphatic heterocycles. The van der Waals surface area contributed by atoms with Crippen molar-refractivity contribution in [2.24, 2.45) is 14.1 Å². The van der Waals surface area contributed by atoms with Gasteiger partial charge in [-0.05, 0) is 42.7 Å². The molecular weight excluding hydrogens is 414 g/mol. The summed E-state index contributed by atoms with van der Waals surface area (Å²) in [5.74, 6) is -0.168. The van der Waals surface area contributed by atoms with Crippen LogP contribution in [0.2, 0.25) is 0 Å². The van der Waals surface area contributed by atoms with Crippen LogP contribution in [0.25, 0.3) is 11.0 Å². The van der Waals surface area contributed by atoms with E-state index in [0.717, 1.165) is 16.6 Å². The van der Waals surface area contributed by atoms with Crippen molar-refractivity contribution < 1.29 is 9.59 Å². The molecule has 0 aliphatic carbocycles. The van der Waals surface area contributed by atoms with Gasteiger partial charge in [-0.15, -0.1) is 0 Å². The fraction of sp³-hybridized carbons (Fsp3) is 0.269. The summed E-state index contributed by atoms with van der Waals surface area (Å²) >= 11 is 0. The Morgan fingerprint density at radius 2 is 1.82 bits per heavy atom. The molecule has 4 rings (SSSR count). The number of hydrogen-bond acceptors (Lipinski definition) is 3. The monoisotopic (exact) mass is 443 g/mol. The van der Waals surface area contributed by atoms with Crippen LogP contribution in [0, 0.1) is 0 Å². The second-order valence-electron chi connectivity index (χ2n) is 8.34. The summed E-state index contributed by atoms with van der Waals surface area (Å²) in [6.07, 6.45) is 6.75. The predicted octanol–water partition coefficient (Wildman–Crippen LogP) is 3.42. The van der Waals surface area contributed by atoms with Crippen molar-refractivity contribution in [1.29, 1.82) is 0 Å². The van der Waals surface area contributed by atoms with E-state index in [0.29, 0.717) is 30.6 Å². The number of pyridine rings is 1. The van der Waals surface area contributed by atoms with Crippen LogP contribution in [0.3, 0.4) is 0 Å². The Labute approximate surface area is 193 Å². The van der Waals surface area contributed by atoms with Crippen molar-refractivity contribution in [2.75, 3.05) is 13.6 Å². The molecule has 7 nitrogen and oxygen atoms in total. The lowest BCUT2D eigenvalue weighted by atomic mass is 10.0. The Balaban J connectivity index is 1.52. The molecule has 33 heavy (non-hydrogen) atoms. The van der Waals surface area contributed by atoms with Gasteiger partial charge in [-0.25, -0.2) is 4.98 Å². The summed E-state index contributed by atoms with van der Waals surface area (Å²) in [5.41, 5.74) is 3.18. The summed E-state index contributed by atoms with van der Waals surface area (Å²) in [7, 11) is 5.58. The van der Waals surface area contributed by atoms with Gasteiger partial charge < -0.3 is 19.4 Å². The molecule has 0 bridgehead atoms. The number of fused-ring (bicyclic) bond motifs is 1. The number of rotatable bonds is 8. The highest BCUT2D eigenvalue weighted by atomic mass is 16.2. The van der Waals surface area contributed by atoms with Gasteiger partial charge in [0, 0.05) is 57.7 Å². The van der Waals surface area contributed by atoms with Crippen LogP contribution in [0.4, 0.5) is 0 Å². The highest BCUT2D eigenvalue weighted by Gasteiger charge is 2.25. The Morgan fingerprint density at radius 1 is 1.03 bits per heavy atom. The van der Waals surface area contributed by atoms with E-state index in [4.69, 9.17) is 0 Å². The summed E-state index contributed by atoms with van der Waals surface area (Å²) in [5, 5.41) is 3.84. The zero-order valence-electron chi connectivity index (χ0n) is 19.2. The van der Waals surface area contributed by atoms with E-state index < -0.39 is 0 Å². The van der Waals surface area contributed by atoms with Crippen LogP contribution in [0.1, 0.15) is 32.8 Å². The molecule has 2 amide bonds. The third-order valence-corrected chi connectivity index (χ3v) is 6.09. The first-order valence-corrected chi connectivity index (χ1v) is 11.1. The minimum absolute atomic E-state index is 0.0525. The number of carbonyl (C=O) groups is 2. The Hall–Kier alpha value is -3.87. The molecular formula is C26H29N5O2. The van der Waals surface area contributed by atoms with Gasteiger partial charge in [0.25, 0.3) is 11.8 Å². The lowest BCUT2D eigenvalue weighted by molar-refractivity contribution is 0.0724. The van der Waals surface area contributed by atoms with Crippen LogP contribution >= 0.6 is 0 Å². The van der Waals surface area contributed by atoms with E-state index in [-0.39, 0.29) is 17.9 Å². The molecule has 1 atom stereocenters. The highest BCUT2D eigenvalue weighted by Crippen LogP contribution is 2.22. The second kappa shape index (κ2) is 9.73. The summed E-state index contributed by atoms with van der Waals surface area (Å²) < 4.78 is 3.67. The maximum Gasteiger partial charge on any atom is 0.267 e. The first-order chi connectivity index (χ1) is 16.0. The number of aryl methyl sites for hydroxylation is 2. The second-order valence-corrected chi connectivity index (χ2v) is 8.34. The van der Waals surface area contributed by atoms with Gasteiger partial charge in [0.2, 0.25) is 0 Å². The van der Waals surface area contributed by atoms with E-state index in [1.807, 2.05) is 74.5 Å². The molecule has 1 N–H and O–H groups in total. The highest BCUT2D eigenvalue weighted by molar-refractivity contribution is 6.06. The minimum atomic E-state index is -0.116. The molecule has 170 valence electrons. The molecule has 0 saturated carbocycles. The molecule has 0 aliphatic rings. The van der Waals surface area contributed by atoms with E-state index in [1.165, 1.54) is 0 Å². The fourth-order valence-electron chi connectivity index (χ4n) is 4.20. The normalized spacial score (nSPS) is 12.0. The van der Waals surface area contributed by atoms with Gasteiger partial charge >= 0.3 is 0 Å². The van der Waals surface area contributed by atoms with Gasteiger partial charge in [0.15, 0.2) is 0 Å². The molecule has 3 aromatic heterocycles. The number of aromatic nitrogens is 3. The standard InChI is InChI=1S/C26H29N5O2/c1-29-16-8-12-23(29)25(32)28-15-13-20(17-19-9-5-4-6-10-19)31(3)26(33)22-18-30(2)24-21(22)11-7-14-27-24/h4-12,14,16,18,20H,13,15,17H2,1-3H3,(H,28,32). The van der Waals surface area contributed by atoms with E-state index in [1.54, 1.807) is 21.7 Å². The van der Waals surface area contributed by atoms with E-state index in [2.05, 4.69) is 22.4 Å². The summed E-state index contributed by atoms with van der Waals surface area (Å²) in [6, 6.07) is 17.4. The van der Waals surface area contributed by atoms with Crippen LogP contribution in [-0.4, -0.2) is 50.5 Å². The summed E-state index contributed by atoms with van der Waals surface area (Å²) in [4.78, 5) is 32.2. The molecule has 4 aromatic rings. The minimum Gasteiger partial charge on any atom is -0.351 e. The average Bonchev–Trinajstić information content (AvgIpc) is 3.41. The van der Waals surface area contributed by atoms with Crippen molar-refractivity contribution in [2.45, 2.75) is 18.9 Å². The van der Waals surface area contributed by atoms with Crippen molar-refractivity contribution in [3.05, 3.63) is 90.0 Å². The Bertz CT molecular complexity index is 1260. The Morgan fingerprint density at radius 3 is 2.55 bits per heavy atom. The summed E-state index contributed by atoms with van der Waals surface area (Å²) in [6.45, 7) is 0.468. The first-order valence-electron chi connectivity index (χ1n) is 11.1. The van der Waals surface area contributed by atoms with Gasteiger partial charge in [-0.3, -0.25) is 9.59 Å². The number of amides is 2. The van der Waals surface area contributed by atoms with Crippen LogP contribution in [0.5, 0.6) is 0 Å². The largest absolute Gasteiger partial charge is 0.351 e. The number of nitrogens with one attached hydrogen (secondary N) is 1. The van der Waals surface area contributed by atoms with Crippen molar-refractivity contribution in [3.63, 3.8) is 0 Å². The third-order valence-electron chi connectivity index (χ3n) is 6.09. The molecule has 0 spiro atoms. The number of hydrogen-bond donors (Lipinski definition) is 1. The van der Waals surface area contributed by atoms with Gasteiger partial charge in [0.05, 0.1) is 5.56 Å².